The molecule has 0 amide bonds. The van der Waals surface area contributed by atoms with Crippen LogP contribution in [0.5, 0.6) is 0 Å². The van der Waals surface area contributed by atoms with E-state index in [-0.39, 0.29) is 26.7 Å². The number of carboxylic acid groups (broad SMARTS) is 7. The quantitative estimate of drug-likeness (QED) is 0.0650. The van der Waals surface area contributed by atoms with Crippen LogP contribution in [-0.2, 0) is 37.3 Å². The molecular formula is C21H43As4IO20-4. The van der Waals surface area contributed by atoms with Gasteiger partial charge in [0, 0.05) is 4.43 Å². The first-order chi connectivity index (χ1) is 18.8. The van der Waals surface area contributed by atoms with Gasteiger partial charge < -0.3 is 9.90 Å². The molecule has 0 aromatic heterocycles. The van der Waals surface area contributed by atoms with E-state index >= 15 is 0 Å². The zero-order valence-electron chi connectivity index (χ0n) is 23.0. The number of carbonyl (C=O) groups is 7. The van der Waals surface area contributed by atoms with Gasteiger partial charge in [-0.2, -0.15) is 0 Å². The Morgan fingerprint density at radius 1 is 0.543 bits per heavy atom. The molecular weight excluding hydrogens is 999 g/mol. The zero-order chi connectivity index (χ0) is 36.0. The van der Waals surface area contributed by atoms with E-state index in [0.29, 0.717) is 0 Å². The third kappa shape index (κ3) is 78.9. The van der Waals surface area contributed by atoms with Crippen molar-refractivity contribution in [3.8, 4) is 0 Å². The van der Waals surface area contributed by atoms with Crippen LogP contribution in [0.4, 0.5) is 0 Å². The average molecular weight is 1040 g/mol. The monoisotopic (exact) mass is 1040 g/mol. The van der Waals surface area contributed by atoms with Crippen LogP contribution in [0.2, 0.25) is 54.1 Å². The van der Waals surface area contributed by atoms with E-state index in [1.165, 1.54) is 11.4 Å². The predicted molar refractivity (Wildman–Crippen MR) is 161 cm³/mol. The van der Waals surface area contributed by atoms with Crippen LogP contribution < -0.4 is 35.7 Å². The molecule has 0 aliphatic carbocycles. The molecule has 46 heavy (non-hydrogen) atoms. The van der Waals surface area contributed by atoms with Crippen LogP contribution in [0, 0.1) is 0 Å². The summed E-state index contributed by atoms with van der Waals surface area (Å²) in [6.07, 6.45) is 0. The number of alkyl halides is 1. The van der Waals surface area contributed by atoms with Gasteiger partial charge in [0.05, 0.1) is 5.97 Å². The van der Waals surface area contributed by atoms with Gasteiger partial charge in [-0.15, -0.1) is 0 Å². The molecule has 0 fully saturated rings. The number of carbonyl (C=O) groups excluding carboxylic acids is 7. The van der Waals surface area contributed by atoms with Gasteiger partial charge >= 0.3 is 229 Å². The Hall–Kier alpha value is -1.15. The fourth-order valence-corrected chi connectivity index (χ4v) is 10.2. The smallest absolute Gasteiger partial charge is 0.0511 e. The van der Waals surface area contributed by atoms with Crippen molar-refractivity contribution < 1.29 is 93.5 Å². The number of aliphatic carboxylic acids is 7. The summed E-state index contributed by atoms with van der Waals surface area (Å²) in [5, 5.41) is 66.5. The van der Waals surface area contributed by atoms with Gasteiger partial charge in [0.15, 0.2) is 0 Å². The second-order valence-corrected chi connectivity index (χ2v) is 33.8. The van der Waals surface area contributed by atoms with E-state index in [2.05, 4.69) is 0 Å². The Balaban J connectivity index is -0.0000000678. The van der Waals surface area contributed by atoms with E-state index in [0.717, 1.165) is 11.4 Å². The molecule has 25 heteroatoms. The molecule has 0 aliphatic rings. The minimum atomic E-state index is -4.12. The molecule has 0 heterocycles. The number of rotatable bonds is 13. The number of hydrogen-bond donors (Lipinski definition) is 5. The molecule has 0 saturated carbocycles. The maximum Gasteiger partial charge on any atom is 0.0511 e. The summed E-state index contributed by atoms with van der Waals surface area (Å²) in [7, 11) is 0. The van der Waals surface area contributed by atoms with Crippen molar-refractivity contribution in [1.82, 2.24) is 0 Å². The second-order valence-electron chi connectivity index (χ2n) is 8.57. The number of carboxylic acids is 7. The first-order valence-corrected chi connectivity index (χ1v) is 32.4. The maximum absolute atomic E-state index is 10.3. The molecule has 0 rings (SSSR count). The van der Waals surface area contributed by atoms with Crippen LogP contribution in [0.15, 0.2) is 0 Å². The molecule has 0 radical (unpaired) electrons. The van der Waals surface area contributed by atoms with Crippen LogP contribution in [0.3, 0.4) is 0 Å². The van der Waals surface area contributed by atoms with Gasteiger partial charge in [0.2, 0.25) is 0 Å². The first-order valence-electron chi connectivity index (χ1n) is 10.5. The molecule has 0 aliphatic heterocycles. The van der Waals surface area contributed by atoms with Crippen molar-refractivity contribution in [2.75, 3.05) is 4.43 Å². The summed E-state index contributed by atoms with van der Waals surface area (Å²) in [4.78, 5) is 69.6. The van der Waals surface area contributed by atoms with Crippen molar-refractivity contribution in [2.45, 2.75) is 76.4 Å². The molecule has 0 aromatic carbocycles. The van der Waals surface area contributed by atoms with E-state index in [4.69, 9.17) is 16.4 Å². The van der Waals surface area contributed by atoms with Crippen LogP contribution in [-0.4, -0.2) is 123 Å². The SMILES string of the molecule is C.C.C.C[As+](CC(=O)[O-])(CC(=O)[O-])CC(=O)[O-].C[As+](O)(CC(=O)[O-])CC(=O)[O-].C[As+](O)(O)CC(=O)[O-].C[As](=O)(O)O.O=C([O-])CI. The molecule has 20 nitrogen and oxygen atoms in total. The topological polar surface area (TPSA) is 399 Å². The molecule has 0 aromatic rings. The third-order valence-corrected chi connectivity index (χ3v) is 15.8. The van der Waals surface area contributed by atoms with E-state index in [1.807, 2.05) is 0 Å². The minimum absolute atomic E-state index is 0. The fraction of sp³-hybridized carbons (Fsp3) is 0.667. The molecule has 5 N–H and O–H groups in total. The van der Waals surface area contributed by atoms with Crippen molar-refractivity contribution >= 4 is 120 Å². The Morgan fingerprint density at radius 2 is 0.717 bits per heavy atom. The summed E-state index contributed by atoms with van der Waals surface area (Å²) in [5.41, 5.74) is 4.72. The van der Waals surface area contributed by atoms with Crippen LogP contribution in [0.1, 0.15) is 22.3 Å². The Kier molecular flexibility index (Phi) is 43.0. The summed E-state index contributed by atoms with van der Waals surface area (Å²) in [6, 6.07) is 0. The summed E-state index contributed by atoms with van der Waals surface area (Å²) in [5.74, 6) is -9.52. The predicted octanol–water partition coefficient (Wildman–Crippen LogP) is -8.79. The third-order valence-electron chi connectivity index (χ3n) is 3.01. The van der Waals surface area contributed by atoms with Gasteiger partial charge in [-0.3, -0.25) is 0 Å². The van der Waals surface area contributed by atoms with Crippen molar-refractivity contribution in [3.63, 3.8) is 0 Å². The average Bonchev–Trinajstić information content (AvgIpc) is 2.61. The molecule has 278 valence electrons. The van der Waals surface area contributed by atoms with Gasteiger partial charge in [-0.05, 0) is 0 Å². The first kappa shape index (κ1) is 63.5. The fourth-order valence-electron chi connectivity index (χ4n) is 1.96. The summed E-state index contributed by atoms with van der Waals surface area (Å²) in [6.45, 7) is 0. The molecule has 0 bridgehead atoms. The van der Waals surface area contributed by atoms with Gasteiger partial charge in [0.1, 0.15) is 0 Å². The van der Waals surface area contributed by atoms with Crippen molar-refractivity contribution in [2.24, 2.45) is 0 Å². The zero-order valence-corrected chi connectivity index (χ0v) is 32.6. The number of halogens is 1. The van der Waals surface area contributed by atoms with Crippen molar-refractivity contribution in [1.29, 1.82) is 0 Å². The molecule has 0 unspecified atom stereocenters. The van der Waals surface area contributed by atoms with Crippen LogP contribution in [0.25, 0.3) is 0 Å². The largest absolute Gasteiger partial charge is 0.549 e. The Morgan fingerprint density at radius 3 is 0.804 bits per heavy atom. The summed E-state index contributed by atoms with van der Waals surface area (Å²) < 4.78 is 51.0. The Labute approximate surface area is 292 Å². The number of hydrogen-bond acceptors (Lipinski definition) is 18. The maximum atomic E-state index is 10.3. The second kappa shape index (κ2) is 31.1. The van der Waals surface area contributed by atoms with Gasteiger partial charge in [-0.25, -0.2) is 0 Å². The summed E-state index contributed by atoms with van der Waals surface area (Å²) >= 11 is -12.8. The minimum Gasteiger partial charge on any atom is -0.549 e. The normalized spacial score (nSPS) is 10.0. The molecule has 0 spiro atoms. The van der Waals surface area contributed by atoms with E-state index in [9.17, 15) is 77.1 Å². The van der Waals surface area contributed by atoms with E-state index < -0.39 is 129 Å². The van der Waals surface area contributed by atoms with Crippen LogP contribution >= 0.6 is 22.6 Å². The van der Waals surface area contributed by atoms with E-state index in [1.54, 1.807) is 22.6 Å². The van der Waals surface area contributed by atoms with Crippen molar-refractivity contribution in [3.05, 3.63) is 0 Å². The van der Waals surface area contributed by atoms with Gasteiger partial charge in [-0.1, -0.05) is 44.9 Å². The standard InChI is InChI=1S/C7H11AsO6.C5H9AsO5.C3H7AsO4.C2H3IO2.CH5AsO3.3CH4/c1-8(2-5(9)10,3-6(11)12)4-7(13)14;1-6(11,2-4(7)8)3-5(9)10;1-4(7,8)2-3(5)6;3-1-2(4)5;1-2(3,4)5;;;/h2-4H2,1H3,(H2-,9,10,11,12,13,14);11H,2-3H2,1H3,(H-,7,8,9,10);7-8H,2H2,1H3;1H2,(H,4,5);1H3,(H2,3,4,5);3*1H4/p-4. The molecule has 0 saturated heterocycles. The van der Waals surface area contributed by atoms with Gasteiger partial charge in [0.25, 0.3) is 0 Å². The molecule has 0 atom stereocenters. The Bertz CT molecular complexity index is 910.